The molecule has 0 bridgehead atoms. The molecule has 0 spiro atoms. The summed E-state index contributed by atoms with van der Waals surface area (Å²) >= 11 is 0. The van der Waals surface area contributed by atoms with Crippen LogP contribution in [0.1, 0.15) is 27.0 Å². The van der Waals surface area contributed by atoms with Crippen LogP contribution in [0.4, 0.5) is 0 Å². The van der Waals surface area contributed by atoms with Crippen molar-refractivity contribution in [2.75, 3.05) is 0 Å². The smallest absolute Gasteiger partial charge is 0.268 e. The van der Waals surface area contributed by atoms with Crippen molar-refractivity contribution in [3.63, 3.8) is 0 Å². The summed E-state index contributed by atoms with van der Waals surface area (Å²) in [6, 6.07) is 26.3. The van der Waals surface area contributed by atoms with Crippen LogP contribution < -0.4 is 10.6 Å². The minimum absolute atomic E-state index is 0.202. The number of nitrogens with one attached hydrogen (secondary N) is 2. The van der Waals surface area contributed by atoms with Crippen LogP contribution in [0.3, 0.4) is 0 Å². The summed E-state index contributed by atoms with van der Waals surface area (Å²) in [5, 5.41) is 5.61. The second-order valence-corrected chi connectivity index (χ2v) is 6.46. The number of benzene rings is 3. The van der Waals surface area contributed by atoms with Gasteiger partial charge in [0.25, 0.3) is 11.8 Å². The third kappa shape index (κ3) is 5.42. The van der Waals surface area contributed by atoms with E-state index >= 15 is 0 Å². The van der Waals surface area contributed by atoms with Crippen LogP contribution >= 0.6 is 0 Å². The Bertz CT molecular complexity index is 963. The van der Waals surface area contributed by atoms with Crippen LogP contribution in [0, 0.1) is 6.92 Å². The Morgan fingerprint density at radius 3 is 2.07 bits per heavy atom. The monoisotopic (exact) mass is 370 g/mol. The van der Waals surface area contributed by atoms with Gasteiger partial charge in [-0.25, -0.2) is 0 Å². The van der Waals surface area contributed by atoms with Gasteiger partial charge in [-0.3, -0.25) is 9.59 Å². The zero-order valence-corrected chi connectivity index (χ0v) is 15.7. The van der Waals surface area contributed by atoms with Gasteiger partial charge in [-0.15, -0.1) is 0 Å². The standard InChI is InChI=1S/C24H22N2O2/c1-18-12-14-21(15-13-18)23(27)26-22(16-19-8-4-2-5-9-19)24(28)25-17-20-10-6-3-7-11-20/h2-16H,17H2,1H3,(H,25,28)(H,26,27). The molecular weight excluding hydrogens is 348 g/mol. The molecule has 140 valence electrons. The van der Waals surface area contributed by atoms with Gasteiger partial charge in [-0.1, -0.05) is 78.4 Å². The molecule has 28 heavy (non-hydrogen) atoms. The highest BCUT2D eigenvalue weighted by atomic mass is 16.2. The first-order chi connectivity index (χ1) is 13.6. The summed E-state index contributed by atoms with van der Waals surface area (Å²) in [7, 11) is 0. The highest BCUT2D eigenvalue weighted by molar-refractivity contribution is 6.05. The van der Waals surface area contributed by atoms with Gasteiger partial charge in [0, 0.05) is 12.1 Å². The summed E-state index contributed by atoms with van der Waals surface area (Å²) in [4.78, 5) is 25.4. The Hall–Kier alpha value is -3.66. The molecule has 2 N–H and O–H groups in total. The first-order valence-corrected chi connectivity index (χ1v) is 9.09. The fourth-order valence-electron chi connectivity index (χ4n) is 2.65. The fraction of sp³-hybridized carbons (Fsp3) is 0.0833. The van der Waals surface area contributed by atoms with Crippen molar-refractivity contribution in [3.8, 4) is 0 Å². The Morgan fingerprint density at radius 2 is 1.43 bits per heavy atom. The van der Waals surface area contributed by atoms with Gasteiger partial charge in [0.05, 0.1) is 0 Å². The van der Waals surface area contributed by atoms with Crippen LogP contribution in [0.2, 0.25) is 0 Å². The predicted octanol–water partition coefficient (Wildman–Crippen LogP) is 4.08. The number of carbonyl (C=O) groups excluding carboxylic acids is 2. The van der Waals surface area contributed by atoms with Crippen LogP contribution in [0.15, 0.2) is 90.6 Å². The third-order valence-corrected chi connectivity index (χ3v) is 4.21. The number of hydrogen-bond acceptors (Lipinski definition) is 2. The molecule has 4 nitrogen and oxygen atoms in total. The minimum Gasteiger partial charge on any atom is -0.347 e. The lowest BCUT2D eigenvalue weighted by Crippen LogP contribution is -2.34. The molecule has 0 aliphatic carbocycles. The molecule has 0 fully saturated rings. The normalized spacial score (nSPS) is 11.0. The Morgan fingerprint density at radius 1 is 0.821 bits per heavy atom. The molecule has 3 rings (SSSR count). The summed E-state index contributed by atoms with van der Waals surface area (Å²) in [6.07, 6.45) is 1.67. The second kappa shape index (κ2) is 9.33. The predicted molar refractivity (Wildman–Crippen MR) is 111 cm³/mol. The maximum absolute atomic E-state index is 12.7. The van der Waals surface area contributed by atoms with E-state index in [9.17, 15) is 9.59 Å². The van der Waals surface area contributed by atoms with Crippen molar-refractivity contribution >= 4 is 17.9 Å². The highest BCUT2D eigenvalue weighted by Gasteiger charge is 2.14. The van der Waals surface area contributed by atoms with Crippen molar-refractivity contribution < 1.29 is 9.59 Å². The minimum atomic E-state index is -0.340. The van der Waals surface area contributed by atoms with Gasteiger partial charge < -0.3 is 10.6 Å². The molecule has 3 aromatic rings. The highest BCUT2D eigenvalue weighted by Crippen LogP contribution is 2.08. The zero-order chi connectivity index (χ0) is 19.8. The summed E-state index contributed by atoms with van der Waals surface area (Å²) < 4.78 is 0. The van der Waals surface area contributed by atoms with Gasteiger partial charge in [-0.05, 0) is 36.3 Å². The molecule has 0 atom stereocenters. The SMILES string of the molecule is Cc1ccc(C(=O)NC(=Cc2ccccc2)C(=O)NCc2ccccc2)cc1. The molecule has 0 unspecified atom stereocenters. The van der Waals surface area contributed by atoms with E-state index in [2.05, 4.69) is 10.6 Å². The summed E-state index contributed by atoms with van der Waals surface area (Å²) in [6.45, 7) is 2.34. The lowest BCUT2D eigenvalue weighted by molar-refractivity contribution is -0.117. The molecule has 0 aromatic heterocycles. The van der Waals surface area contributed by atoms with Gasteiger partial charge in [0.2, 0.25) is 0 Å². The molecular formula is C24H22N2O2. The number of rotatable bonds is 6. The van der Waals surface area contributed by atoms with E-state index < -0.39 is 0 Å². The number of hydrogen-bond donors (Lipinski definition) is 2. The average molecular weight is 370 g/mol. The van der Waals surface area contributed by atoms with Crippen molar-refractivity contribution in [2.45, 2.75) is 13.5 Å². The van der Waals surface area contributed by atoms with E-state index in [0.717, 1.165) is 16.7 Å². The van der Waals surface area contributed by atoms with Gasteiger partial charge >= 0.3 is 0 Å². The number of amides is 2. The molecule has 4 heteroatoms. The summed E-state index contributed by atoms with van der Waals surface area (Å²) in [5.74, 6) is -0.662. The Labute approximate surface area is 164 Å². The molecule has 0 radical (unpaired) electrons. The topological polar surface area (TPSA) is 58.2 Å². The van der Waals surface area contributed by atoms with Crippen molar-refractivity contribution in [2.24, 2.45) is 0 Å². The zero-order valence-electron chi connectivity index (χ0n) is 15.7. The maximum Gasteiger partial charge on any atom is 0.268 e. The largest absolute Gasteiger partial charge is 0.347 e. The Kier molecular flexibility index (Phi) is 6.37. The molecule has 0 saturated carbocycles. The van der Waals surface area contributed by atoms with E-state index in [-0.39, 0.29) is 17.5 Å². The molecule has 2 amide bonds. The van der Waals surface area contributed by atoms with E-state index in [1.807, 2.05) is 79.7 Å². The van der Waals surface area contributed by atoms with Gasteiger partial charge in [0.15, 0.2) is 0 Å². The second-order valence-electron chi connectivity index (χ2n) is 6.46. The molecule has 0 aliphatic rings. The van der Waals surface area contributed by atoms with Crippen LogP contribution in [0.5, 0.6) is 0 Å². The molecule has 0 aliphatic heterocycles. The van der Waals surface area contributed by atoms with Crippen LogP contribution in [-0.2, 0) is 11.3 Å². The van der Waals surface area contributed by atoms with E-state index in [1.165, 1.54) is 0 Å². The lowest BCUT2D eigenvalue weighted by atomic mass is 10.1. The molecule has 0 heterocycles. The van der Waals surface area contributed by atoms with E-state index in [1.54, 1.807) is 18.2 Å². The third-order valence-electron chi connectivity index (χ3n) is 4.21. The van der Waals surface area contributed by atoms with Gasteiger partial charge in [0.1, 0.15) is 5.70 Å². The van der Waals surface area contributed by atoms with Crippen molar-refractivity contribution in [1.29, 1.82) is 0 Å². The number of aryl methyl sites for hydroxylation is 1. The van der Waals surface area contributed by atoms with E-state index in [4.69, 9.17) is 0 Å². The first-order valence-electron chi connectivity index (χ1n) is 9.09. The van der Waals surface area contributed by atoms with Crippen molar-refractivity contribution in [1.82, 2.24) is 10.6 Å². The first kappa shape index (κ1) is 19.1. The maximum atomic E-state index is 12.7. The van der Waals surface area contributed by atoms with Gasteiger partial charge in [-0.2, -0.15) is 0 Å². The van der Waals surface area contributed by atoms with Crippen LogP contribution in [0.25, 0.3) is 6.08 Å². The summed E-state index contributed by atoms with van der Waals surface area (Å²) in [5.41, 5.74) is 3.58. The average Bonchev–Trinajstić information content (AvgIpc) is 2.73. The van der Waals surface area contributed by atoms with Crippen LogP contribution in [-0.4, -0.2) is 11.8 Å². The number of carbonyl (C=O) groups is 2. The lowest BCUT2D eigenvalue weighted by Gasteiger charge is -2.11. The quantitative estimate of drug-likeness (QED) is 0.642. The van der Waals surface area contributed by atoms with Crippen molar-refractivity contribution in [3.05, 3.63) is 113 Å². The molecule has 0 saturated heterocycles. The fourth-order valence-corrected chi connectivity index (χ4v) is 2.65. The molecule has 3 aromatic carbocycles. The van der Waals surface area contributed by atoms with E-state index in [0.29, 0.717) is 12.1 Å². The Balaban J connectivity index is 1.78.